The Kier molecular flexibility index (Phi) is 2.36. The Morgan fingerprint density at radius 1 is 1.44 bits per heavy atom. The van der Waals surface area contributed by atoms with Gasteiger partial charge in [-0.1, -0.05) is 17.7 Å². The number of pyridine rings is 1. The summed E-state index contributed by atoms with van der Waals surface area (Å²) in [6, 6.07) is 3.78. The highest BCUT2D eigenvalue weighted by Crippen LogP contribution is 2.32. The summed E-state index contributed by atoms with van der Waals surface area (Å²) >= 11 is 5.84. The third-order valence-corrected chi connectivity index (χ3v) is 3.46. The molecule has 0 saturated heterocycles. The number of amides is 1. The molecule has 3 nitrogen and oxygen atoms in total. The summed E-state index contributed by atoms with van der Waals surface area (Å²) in [6.07, 6.45) is 2.97. The number of carbonyl (C=O) groups excluding carboxylic acids is 1. The molecule has 1 fully saturated rings. The van der Waals surface area contributed by atoms with E-state index in [0.717, 1.165) is 37.1 Å². The molecule has 0 spiro atoms. The quantitative estimate of drug-likeness (QED) is 0.699. The molecular formula is C12H13ClN2O. The maximum atomic E-state index is 11.9. The predicted octanol–water partition coefficient (Wildman–Crippen LogP) is 2.03. The maximum Gasteiger partial charge on any atom is 0.225 e. The van der Waals surface area contributed by atoms with Gasteiger partial charge in [0.25, 0.3) is 0 Å². The van der Waals surface area contributed by atoms with Crippen LogP contribution in [0.15, 0.2) is 12.1 Å². The van der Waals surface area contributed by atoms with Gasteiger partial charge in [0.15, 0.2) is 0 Å². The summed E-state index contributed by atoms with van der Waals surface area (Å²) in [5.41, 5.74) is 2.19. The van der Waals surface area contributed by atoms with E-state index in [2.05, 4.69) is 4.98 Å². The van der Waals surface area contributed by atoms with Crippen LogP contribution >= 0.6 is 11.6 Å². The van der Waals surface area contributed by atoms with Crippen LogP contribution in [0.2, 0.25) is 5.15 Å². The molecule has 0 N–H and O–H groups in total. The van der Waals surface area contributed by atoms with E-state index in [4.69, 9.17) is 11.6 Å². The van der Waals surface area contributed by atoms with Crippen LogP contribution in [0.1, 0.15) is 24.1 Å². The van der Waals surface area contributed by atoms with Crippen molar-refractivity contribution >= 4 is 17.5 Å². The minimum absolute atomic E-state index is 0.307. The Labute approximate surface area is 99.4 Å². The molecule has 0 unspecified atom stereocenters. The zero-order valence-electron chi connectivity index (χ0n) is 8.95. The monoisotopic (exact) mass is 236 g/mol. The summed E-state index contributed by atoms with van der Waals surface area (Å²) in [6.45, 7) is 1.49. The van der Waals surface area contributed by atoms with E-state index in [9.17, 15) is 4.79 Å². The van der Waals surface area contributed by atoms with Gasteiger partial charge in [-0.25, -0.2) is 4.98 Å². The molecule has 2 aliphatic rings. The van der Waals surface area contributed by atoms with Crippen molar-refractivity contribution in [2.45, 2.75) is 25.8 Å². The molecule has 0 atom stereocenters. The maximum absolute atomic E-state index is 11.9. The van der Waals surface area contributed by atoms with E-state index < -0.39 is 0 Å². The van der Waals surface area contributed by atoms with Crippen molar-refractivity contribution in [1.82, 2.24) is 9.88 Å². The van der Waals surface area contributed by atoms with Crippen LogP contribution in [-0.4, -0.2) is 22.3 Å². The number of rotatable bonds is 1. The lowest BCUT2D eigenvalue weighted by atomic mass is 10.1. The van der Waals surface area contributed by atoms with E-state index in [1.54, 1.807) is 6.07 Å². The van der Waals surface area contributed by atoms with E-state index in [-0.39, 0.29) is 0 Å². The van der Waals surface area contributed by atoms with E-state index in [1.807, 2.05) is 11.0 Å². The molecule has 16 heavy (non-hydrogen) atoms. The Morgan fingerprint density at radius 3 is 3.00 bits per heavy atom. The zero-order valence-corrected chi connectivity index (χ0v) is 9.70. The molecule has 1 aromatic heterocycles. The average Bonchev–Trinajstić information content (AvgIpc) is 3.11. The van der Waals surface area contributed by atoms with Crippen LogP contribution in [-0.2, 0) is 17.8 Å². The minimum Gasteiger partial charge on any atom is -0.338 e. The highest BCUT2D eigenvalue weighted by atomic mass is 35.5. The van der Waals surface area contributed by atoms with Crippen molar-refractivity contribution < 1.29 is 4.79 Å². The van der Waals surface area contributed by atoms with Gasteiger partial charge < -0.3 is 4.90 Å². The van der Waals surface area contributed by atoms with Gasteiger partial charge in [0.2, 0.25) is 5.91 Å². The van der Waals surface area contributed by atoms with Crippen LogP contribution in [0.25, 0.3) is 0 Å². The Morgan fingerprint density at radius 2 is 2.25 bits per heavy atom. The van der Waals surface area contributed by atoms with Crippen LogP contribution in [0.5, 0.6) is 0 Å². The molecule has 0 radical (unpaired) electrons. The largest absolute Gasteiger partial charge is 0.338 e. The van der Waals surface area contributed by atoms with Gasteiger partial charge in [-0.15, -0.1) is 0 Å². The van der Waals surface area contributed by atoms with Crippen LogP contribution in [0, 0.1) is 5.92 Å². The van der Waals surface area contributed by atoms with E-state index in [1.165, 1.54) is 0 Å². The average molecular weight is 237 g/mol. The highest BCUT2D eigenvalue weighted by Gasteiger charge is 2.34. The normalized spacial score (nSPS) is 19.4. The van der Waals surface area contributed by atoms with Gasteiger partial charge >= 0.3 is 0 Å². The predicted molar refractivity (Wildman–Crippen MR) is 61.1 cm³/mol. The second-order valence-electron chi connectivity index (χ2n) is 4.52. The first kappa shape index (κ1) is 10.1. The lowest BCUT2D eigenvalue weighted by Crippen LogP contribution is -2.37. The Balaban J connectivity index is 1.80. The molecule has 3 rings (SSSR count). The third kappa shape index (κ3) is 1.80. The number of hydrogen-bond donors (Lipinski definition) is 0. The van der Waals surface area contributed by atoms with Crippen molar-refractivity contribution in [2.24, 2.45) is 5.92 Å². The summed E-state index contributed by atoms with van der Waals surface area (Å²) in [5.74, 6) is 0.627. The lowest BCUT2D eigenvalue weighted by Gasteiger charge is -2.28. The first-order valence-electron chi connectivity index (χ1n) is 5.67. The lowest BCUT2D eigenvalue weighted by molar-refractivity contribution is -0.133. The van der Waals surface area contributed by atoms with Crippen molar-refractivity contribution in [3.63, 3.8) is 0 Å². The van der Waals surface area contributed by atoms with Crippen LogP contribution < -0.4 is 0 Å². The second kappa shape index (κ2) is 3.74. The number of halogens is 1. The standard InChI is InChI=1S/C12H13ClN2O/c13-11-4-3-9-7-15(6-5-10(9)14-11)12(16)8-1-2-8/h3-4,8H,1-2,5-7H2. The number of aromatic nitrogens is 1. The van der Waals surface area contributed by atoms with E-state index in [0.29, 0.717) is 23.5 Å². The number of carbonyl (C=O) groups is 1. The molecule has 1 aromatic rings. The van der Waals surface area contributed by atoms with Gasteiger partial charge in [0.1, 0.15) is 5.15 Å². The zero-order chi connectivity index (χ0) is 11.1. The molecule has 0 bridgehead atoms. The molecule has 0 aromatic carbocycles. The summed E-state index contributed by atoms with van der Waals surface area (Å²) in [5, 5.41) is 0.542. The van der Waals surface area contributed by atoms with E-state index >= 15 is 0 Å². The molecule has 1 aliphatic carbocycles. The van der Waals surface area contributed by atoms with Gasteiger partial charge in [-0.2, -0.15) is 0 Å². The molecule has 1 amide bonds. The second-order valence-corrected chi connectivity index (χ2v) is 4.91. The Bertz CT molecular complexity index is 443. The van der Waals surface area contributed by atoms with Crippen molar-refractivity contribution in [2.75, 3.05) is 6.54 Å². The fourth-order valence-corrected chi connectivity index (χ4v) is 2.33. The molecule has 84 valence electrons. The first-order valence-corrected chi connectivity index (χ1v) is 6.05. The minimum atomic E-state index is 0.307. The van der Waals surface area contributed by atoms with Crippen molar-refractivity contribution in [3.05, 3.63) is 28.5 Å². The smallest absolute Gasteiger partial charge is 0.225 e. The Hall–Kier alpha value is -1.09. The molecular weight excluding hydrogens is 224 g/mol. The number of hydrogen-bond acceptors (Lipinski definition) is 2. The van der Waals surface area contributed by atoms with Crippen LogP contribution in [0.3, 0.4) is 0 Å². The summed E-state index contributed by atoms with van der Waals surface area (Å²) in [4.78, 5) is 18.2. The fourth-order valence-electron chi connectivity index (χ4n) is 2.17. The number of fused-ring (bicyclic) bond motifs is 1. The van der Waals surface area contributed by atoms with Gasteiger partial charge in [-0.3, -0.25) is 4.79 Å². The van der Waals surface area contributed by atoms with Gasteiger partial charge in [0, 0.05) is 31.1 Å². The third-order valence-electron chi connectivity index (χ3n) is 3.25. The van der Waals surface area contributed by atoms with Crippen LogP contribution in [0.4, 0.5) is 0 Å². The topological polar surface area (TPSA) is 33.2 Å². The van der Waals surface area contributed by atoms with Crippen molar-refractivity contribution in [1.29, 1.82) is 0 Å². The molecule has 4 heteroatoms. The van der Waals surface area contributed by atoms with Gasteiger partial charge in [-0.05, 0) is 24.5 Å². The SMILES string of the molecule is O=C(C1CC1)N1CCc2nc(Cl)ccc2C1. The van der Waals surface area contributed by atoms with Gasteiger partial charge in [0.05, 0.1) is 0 Å². The van der Waals surface area contributed by atoms with Crippen molar-refractivity contribution in [3.8, 4) is 0 Å². The number of nitrogens with zero attached hydrogens (tertiary/aromatic N) is 2. The summed E-state index contributed by atoms with van der Waals surface area (Å²) in [7, 11) is 0. The molecule has 1 aliphatic heterocycles. The first-order chi connectivity index (χ1) is 7.74. The molecule has 1 saturated carbocycles. The highest BCUT2D eigenvalue weighted by molar-refractivity contribution is 6.29. The summed E-state index contributed by atoms with van der Waals surface area (Å²) < 4.78 is 0. The fraction of sp³-hybridized carbons (Fsp3) is 0.500. The molecule has 2 heterocycles.